The molecule has 1 aliphatic rings. The topological polar surface area (TPSA) is 63.7 Å². The van der Waals surface area contributed by atoms with Gasteiger partial charge in [0.1, 0.15) is 5.60 Å². The van der Waals surface area contributed by atoms with Crippen LogP contribution >= 0.6 is 0 Å². The van der Waals surface area contributed by atoms with Crippen LogP contribution in [0, 0.1) is 5.92 Å². The van der Waals surface area contributed by atoms with Gasteiger partial charge in [-0.25, -0.2) is 4.79 Å². The molecule has 0 aromatic heterocycles. The number of amides is 1. The zero-order valence-electron chi connectivity index (χ0n) is 9.57. The number of halogens is 1. The molecule has 0 atom stereocenters. The highest BCUT2D eigenvalue weighted by Crippen LogP contribution is 2.21. The molecule has 0 aliphatic carbocycles. The highest BCUT2D eigenvalue weighted by Gasteiger charge is 2.36. The van der Waals surface area contributed by atoms with E-state index < -0.39 is 27.7 Å². The standard InChI is InChI=1S/C9H16FNO4S/c1-9(2,3)15-8(12)11-4-7(5-11)6-16(10,13)14/h7H,4-6H2,1-3H3. The lowest BCUT2D eigenvalue weighted by atomic mass is 10.0. The van der Waals surface area contributed by atoms with Gasteiger partial charge in [0.2, 0.25) is 0 Å². The predicted octanol–water partition coefficient (Wildman–Crippen LogP) is 1.15. The Balaban J connectivity index is 2.34. The Morgan fingerprint density at radius 1 is 1.44 bits per heavy atom. The SMILES string of the molecule is CC(C)(C)OC(=O)N1CC(CS(=O)(=O)F)C1. The van der Waals surface area contributed by atoms with Crippen molar-refractivity contribution in [3.63, 3.8) is 0 Å². The Hall–Kier alpha value is -0.850. The second-order valence-corrected chi connectivity index (χ2v) is 6.37. The first kappa shape index (κ1) is 13.2. The monoisotopic (exact) mass is 253 g/mol. The van der Waals surface area contributed by atoms with Crippen molar-refractivity contribution < 1.29 is 21.8 Å². The average molecular weight is 253 g/mol. The van der Waals surface area contributed by atoms with Crippen LogP contribution in [-0.4, -0.2) is 43.9 Å². The molecule has 5 nitrogen and oxygen atoms in total. The quantitative estimate of drug-likeness (QED) is 0.693. The first-order valence-corrected chi connectivity index (χ1v) is 6.52. The van der Waals surface area contributed by atoms with Gasteiger partial charge in [-0.2, -0.15) is 8.42 Å². The maximum absolute atomic E-state index is 12.3. The van der Waals surface area contributed by atoms with Crippen molar-refractivity contribution in [3.05, 3.63) is 0 Å². The third kappa shape index (κ3) is 4.34. The number of ether oxygens (including phenoxy) is 1. The van der Waals surface area contributed by atoms with Crippen molar-refractivity contribution in [1.82, 2.24) is 4.90 Å². The molecule has 1 saturated heterocycles. The lowest BCUT2D eigenvalue weighted by Crippen LogP contribution is -2.53. The van der Waals surface area contributed by atoms with Gasteiger partial charge in [-0.05, 0) is 20.8 Å². The van der Waals surface area contributed by atoms with Crippen LogP contribution in [0.2, 0.25) is 0 Å². The van der Waals surface area contributed by atoms with Gasteiger partial charge in [-0.3, -0.25) is 0 Å². The van der Waals surface area contributed by atoms with Gasteiger partial charge in [-0.1, -0.05) is 0 Å². The molecule has 1 amide bonds. The number of likely N-dealkylation sites (tertiary alicyclic amines) is 1. The first-order chi connectivity index (χ1) is 7.07. The molecule has 0 saturated carbocycles. The van der Waals surface area contributed by atoms with Crippen LogP contribution in [0.3, 0.4) is 0 Å². The largest absolute Gasteiger partial charge is 0.444 e. The van der Waals surface area contributed by atoms with E-state index in [1.165, 1.54) is 4.90 Å². The van der Waals surface area contributed by atoms with Crippen LogP contribution < -0.4 is 0 Å². The zero-order valence-corrected chi connectivity index (χ0v) is 10.4. The summed E-state index contributed by atoms with van der Waals surface area (Å²) in [5.74, 6) is -0.839. The van der Waals surface area contributed by atoms with Crippen LogP contribution in [0.25, 0.3) is 0 Å². The van der Waals surface area contributed by atoms with Crippen molar-refractivity contribution in [3.8, 4) is 0 Å². The first-order valence-electron chi connectivity index (χ1n) is 4.97. The van der Waals surface area contributed by atoms with Gasteiger partial charge in [-0.15, -0.1) is 3.89 Å². The molecule has 1 heterocycles. The highest BCUT2D eigenvalue weighted by molar-refractivity contribution is 7.86. The minimum atomic E-state index is -4.45. The minimum Gasteiger partial charge on any atom is -0.444 e. The summed E-state index contributed by atoms with van der Waals surface area (Å²) in [6, 6.07) is 0. The van der Waals surface area contributed by atoms with Crippen molar-refractivity contribution in [2.45, 2.75) is 26.4 Å². The lowest BCUT2D eigenvalue weighted by Gasteiger charge is -2.39. The molecule has 1 aliphatic heterocycles. The molecule has 0 unspecified atom stereocenters. The van der Waals surface area contributed by atoms with Gasteiger partial charge in [0.05, 0.1) is 5.75 Å². The van der Waals surface area contributed by atoms with Crippen LogP contribution in [0.15, 0.2) is 0 Å². The minimum absolute atomic E-state index is 0.234. The summed E-state index contributed by atoms with van der Waals surface area (Å²) in [5.41, 5.74) is -0.575. The molecule has 0 bridgehead atoms. The zero-order chi connectivity index (χ0) is 12.6. The maximum atomic E-state index is 12.3. The third-order valence-electron chi connectivity index (χ3n) is 2.04. The van der Waals surface area contributed by atoms with Crippen LogP contribution in [0.5, 0.6) is 0 Å². The summed E-state index contributed by atoms with van der Waals surface area (Å²) in [7, 11) is -4.45. The van der Waals surface area contributed by atoms with Crippen LogP contribution in [0.4, 0.5) is 8.68 Å². The summed E-state index contributed by atoms with van der Waals surface area (Å²) < 4.78 is 38.0. The van der Waals surface area contributed by atoms with Gasteiger partial charge in [0.15, 0.2) is 0 Å². The van der Waals surface area contributed by atoms with Gasteiger partial charge in [0, 0.05) is 19.0 Å². The van der Waals surface area contributed by atoms with Gasteiger partial charge in [0.25, 0.3) is 0 Å². The summed E-state index contributed by atoms with van der Waals surface area (Å²) in [5, 5.41) is 0. The maximum Gasteiger partial charge on any atom is 0.410 e. The summed E-state index contributed by atoms with van der Waals surface area (Å²) >= 11 is 0. The summed E-state index contributed by atoms with van der Waals surface area (Å²) in [6.07, 6.45) is -0.486. The second kappa shape index (κ2) is 4.20. The molecule has 0 spiro atoms. The van der Waals surface area contributed by atoms with E-state index in [2.05, 4.69) is 0 Å². The van der Waals surface area contributed by atoms with E-state index in [4.69, 9.17) is 4.74 Å². The molecular weight excluding hydrogens is 237 g/mol. The predicted molar refractivity (Wildman–Crippen MR) is 56.2 cm³/mol. The van der Waals surface area contributed by atoms with E-state index in [0.717, 1.165) is 0 Å². The third-order valence-corrected chi connectivity index (χ3v) is 2.91. The summed E-state index contributed by atoms with van der Waals surface area (Å²) in [4.78, 5) is 12.8. The lowest BCUT2D eigenvalue weighted by molar-refractivity contribution is 0.00181. The van der Waals surface area contributed by atoms with E-state index in [9.17, 15) is 17.1 Å². The number of carbonyl (C=O) groups excluding carboxylic acids is 1. The summed E-state index contributed by atoms with van der Waals surface area (Å²) in [6.45, 7) is 5.70. The van der Waals surface area contributed by atoms with Gasteiger partial charge >= 0.3 is 16.3 Å². The molecule has 0 aromatic rings. The number of hydrogen-bond donors (Lipinski definition) is 0. The Bertz CT molecular complexity index is 367. The smallest absolute Gasteiger partial charge is 0.410 e. The van der Waals surface area contributed by atoms with Crippen molar-refractivity contribution in [2.75, 3.05) is 18.8 Å². The molecule has 0 radical (unpaired) electrons. The van der Waals surface area contributed by atoms with Gasteiger partial charge < -0.3 is 9.64 Å². The van der Waals surface area contributed by atoms with Crippen molar-refractivity contribution >= 4 is 16.3 Å². The van der Waals surface area contributed by atoms with Crippen molar-refractivity contribution in [2.24, 2.45) is 5.92 Å². The molecule has 1 rings (SSSR count). The normalized spacial score (nSPS) is 18.1. The van der Waals surface area contributed by atoms with Crippen LogP contribution in [0.1, 0.15) is 20.8 Å². The fourth-order valence-electron chi connectivity index (χ4n) is 1.43. The molecule has 94 valence electrons. The molecular formula is C9H16FNO4S. The Labute approximate surface area is 94.8 Å². The second-order valence-electron chi connectivity index (χ2n) is 4.96. The number of hydrogen-bond acceptors (Lipinski definition) is 4. The molecule has 0 aromatic carbocycles. The highest BCUT2D eigenvalue weighted by atomic mass is 32.3. The number of nitrogens with zero attached hydrogens (tertiary/aromatic N) is 1. The Morgan fingerprint density at radius 3 is 2.31 bits per heavy atom. The number of rotatable bonds is 2. The van der Waals surface area contributed by atoms with E-state index in [1.807, 2.05) is 0 Å². The molecule has 1 fully saturated rings. The van der Waals surface area contributed by atoms with E-state index in [-0.39, 0.29) is 19.0 Å². The molecule has 7 heteroatoms. The molecule has 0 N–H and O–H groups in total. The Kier molecular flexibility index (Phi) is 3.47. The van der Waals surface area contributed by atoms with E-state index >= 15 is 0 Å². The molecule has 16 heavy (non-hydrogen) atoms. The van der Waals surface area contributed by atoms with Crippen LogP contribution in [-0.2, 0) is 15.0 Å². The fraction of sp³-hybridized carbons (Fsp3) is 0.889. The van der Waals surface area contributed by atoms with E-state index in [1.54, 1.807) is 20.8 Å². The Morgan fingerprint density at radius 2 is 1.94 bits per heavy atom. The fourth-order valence-corrected chi connectivity index (χ4v) is 2.21. The average Bonchev–Trinajstić information content (AvgIpc) is 1.89. The number of carbonyl (C=O) groups is 1. The van der Waals surface area contributed by atoms with Crippen molar-refractivity contribution in [1.29, 1.82) is 0 Å². The van der Waals surface area contributed by atoms with E-state index in [0.29, 0.717) is 0 Å².